The highest BCUT2D eigenvalue weighted by Crippen LogP contribution is 2.52. The highest BCUT2D eigenvalue weighted by atomic mass is 19.4. The summed E-state index contributed by atoms with van der Waals surface area (Å²) in [5.74, 6) is -2.87. The second kappa shape index (κ2) is 10.3. The lowest BCUT2D eigenvalue weighted by Crippen LogP contribution is -2.52. The first-order valence-electron chi connectivity index (χ1n) is 12.8. The standard InChI is InChI=1S/C28H24F7N3O5/c1-41-22-17(16(24(36)39)8-9-19(22)43-15-6-7-15)11-26(40,28(33,34)35)20-10-18-23(42-12-25(18,37)27(30,31)32)21(38-20)13-2-4-14(29)5-3-13/h2-5,8-10,15,40H,6-7,11-12,37H2,1H3,(H2,36,39)/t25-,26-/m0/s1. The number of amides is 1. The largest absolute Gasteiger partial charge is 0.493 e. The van der Waals surface area contributed by atoms with Crippen molar-refractivity contribution in [2.45, 2.75) is 48.9 Å². The van der Waals surface area contributed by atoms with Gasteiger partial charge in [-0.2, -0.15) is 26.3 Å². The molecule has 2 heterocycles. The van der Waals surface area contributed by atoms with Crippen LogP contribution in [0.5, 0.6) is 17.2 Å². The first-order valence-corrected chi connectivity index (χ1v) is 12.8. The van der Waals surface area contributed by atoms with Crippen LogP contribution in [-0.4, -0.2) is 48.2 Å². The van der Waals surface area contributed by atoms with Gasteiger partial charge in [-0.3, -0.25) is 4.79 Å². The number of alkyl halides is 6. The van der Waals surface area contributed by atoms with Crippen molar-refractivity contribution in [3.8, 4) is 28.5 Å². The minimum absolute atomic E-state index is 0.0325. The Kier molecular flexibility index (Phi) is 7.24. The van der Waals surface area contributed by atoms with Gasteiger partial charge < -0.3 is 30.8 Å². The van der Waals surface area contributed by atoms with Gasteiger partial charge in [0.05, 0.1) is 18.9 Å². The monoisotopic (exact) mass is 615 g/mol. The van der Waals surface area contributed by atoms with Gasteiger partial charge in [-0.1, -0.05) is 0 Å². The number of rotatable bonds is 8. The number of hydrogen-bond acceptors (Lipinski definition) is 7. The summed E-state index contributed by atoms with van der Waals surface area (Å²) < 4.78 is 117. The van der Waals surface area contributed by atoms with Crippen molar-refractivity contribution in [2.24, 2.45) is 11.5 Å². The first-order chi connectivity index (χ1) is 20.0. The molecule has 3 aromatic rings. The van der Waals surface area contributed by atoms with Gasteiger partial charge >= 0.3 is 12.4 Å². The van der Waals surface area contributed by atoms with Gasteiger partial charge in [0.15, 0.2) is 22.8 Å². The molecule has 0 radical (unpaired) electrons. The molecule has 2 aromatic carbocycles. The molecule has 0 unspecified atom stereocenters. The third-order valence-corrected chi connectivity index (χ3v) is 7.36. The molecule has 1 fully saturated rings. The molecule has 0 saturated heterocycles. The van der Waals surface area contributed by atoms with Crippen molar-refractivity contribution in [2.75, 3.05) is 13.7 Å². The number of aromatic nitrogens is 1. The van der Waals surface area contributed by atoms with Crippen LogP contribution in [0.2, 0.25) is 0 Å². The zero-order valence-electron chi connectivity index (χ0n) is 22.3. The van der Waals surface area contributed by atoms with Gasteiger partial charge in [0.25, 0.3) is 0 Å². The van der Waals surface area contributed by atoms with Crippen LogP contribution >= 0.6 is 0 Å². The summed E-state index contributed by atoms with van der Waals surface area (Å²) in [6, 6.07) is 6.70. The van der Waals surface area contributed by atoms with E-state index in [1.54, 1.807) is 0 Å². The summed E-state index contributed by atoms with van der Waals surface area (Å²) in [6.45, 7) is -1.20. The zero-order chi connectivity index (χ0) is 31.5. The fourth-order valence-electron chi connectivity index (χ4n) is 4.81. The minimum atomic E-state index is -5.60. The first kappa shape index (κ1) is 30.4. The molecular weight excluding hydrogens is 591 g/mol. The summed E-state index contributed by atoms with van der Waals surface area (Å²) in [5, 5.41) is 11.4. The number of carbonyl (C=O) groups excluding carboxylic acids is 1. The fourth-order valence-corrected chi connectivity index (χ4v) is 4.81. The molecule has 1 saturated carbocycles. The molecule has 1 aromatic heterocycles. The number of fused-ring (bicyclic) bond motifs is 1. The Hall–Kier alpha value is -4.11. The van der Waals surface area contributed by atoms with Crippen LogP contribution in [0.3, 0.4) is 0 Å². The third kappa shape index (κ3) is 5.20. The maximum absolute atomic E-state index is 14.9. The smallest absolute Gasteiger partial charge is 0.423 e. The Morgan fingerprint density at radius 2 is 1.77 bits per heavy atom. The lowest BCUT2D eigenvalue weighted by atomic mass is 9.83. The van der Waals surface area contributed by atoms with Gasteiger partial charge in [-0.15, -0.1) is 0 Å². The molecule has 1 aliphatic heterocycles. The molecule has 230 valence electrons. The van der Waals surface area contributed by atoms with Crippen LogP contribution in [0.15, 0.2) is 42.5 Å². The predicted octanol–water partition coefficient (Wildman–Crippen LogP) is 4.64. The number of benzene rings is 2. The zero-order valence-corrected chi connectivity index (χ0v) is 22.3. The summed E-state index contributed by atoms with van der Waals surface area (Å²) in [5.41, 5.74) is -0.102. The van der Waals surface area contributed by atoms with Gasteiger partial charge in [0.2, 0.25) is 11.5 Å². The molecule has 1 amide bonds. The van der Waals surface area contributed by atoms with Crippen molar-refractivity contribution >= 4 is 5.91 Å². The molecule has 8 nitrogen and oxygen atoms in total. The number of pyridine rings is 1. The maximum Gasteiger partial charge on any atom is 0.423 e. The second-order valence-electron chi connectivity index (χ2n) is 10.3. The lowest BCUT2D eigenvalue weighted by Gasteiger charge is -2.33. The average Bonchev–Trinajstić information content (AvgIpc) is 3.67. The van der Waals surface area contributed by atoms with Gasteiger partial charge in [-0.05, 0) is 55.3 Å². The average molecular weight is 616 g/mol. The van der Waals surface area contributed by atoms with E-state index in [1.165, 1.54) is 6.07 Å². The number of ether oxygens (including phenoxy) is 3. The number of carbonyl (C=O) groups is 1. The molecular formula is C28H24F7N3O5. The van der Waals surface area contributed by atoms with Crippen LogP contribution < -0.4 is 25.7 Å². The summed E-state index contributed by atoms with van der Waals surface area (Å²) in [6.07, 6.45) is -11.2. The summed E-state index contributed by atoms with van der Waals surface area (Å²) in [7, 11) is 1.10. The number of nitrogens with zero attached hydrogens (tertiary/aromatic N) is 1. The number of hydrogen-bond donors (Lipinski definition) is 3. The van der Waals surface area contributed by atoms with Crippen molar-refractivity contribution in [1.29, 1.82) is 0 Å². The normalized spacial score (nSPS) is 19.8. The molecule has 5 rings (SSSR count). The van der Waals surface area contributed by atoms with Gasteiger partial charge in [0.1, 0.15) is 18.1 Å². The number of halogens is 7. The van der Waals surface area contributed by atoms with Crippen molar-refractivity contribution in [3.05, 3.63) is 70.7 Å². The SMILES string of the molecule is COc1c(OC2CC2)ccc(C(N)=O)c1C[C@](O)(c1cc2c(c(-c3ccc(F)cc3)n1)OC[C@@]2(N)C(F)(F)F)C(F)(F)F. The van der Waals surface area contributed by atoms with Gasteiger partial charge in [-0.25, -0.2) is 9.37 Å². The molecule has 15 heteroatoms. The fraction of sp³-hybridized carbons (Fsp3) is 0.357. The molecule has 43 heavy (non-hydrogen) atoms. The van der Waals surface area contributed by atoms with Gasteiger partial charge in [0, 0.05) is 28.7 Å². The van der Waals surface area contributed by atoms with Crippen molar-refractivity contribution < 1.29 is 54.8 Å². The lowest BCUT2D eigenvalue weighted by molar-refractivity contribution is -0.267. The van der Waals surface area contributed by atoms with E-state index in [4.69, 9.17) is 25.7 Å². The quantitative estimate of drug-likeness (QED) is 0.315. The van der Waals surface area contributed by atoms with Crippen LogP contribution in [0.1, 0.15) is 40.0 Å². The van der Waals surface area contributed by atoms with Crippen LogP contribution in [-0.2, 0) is 17.6 Å². The van der Waals surface area contributed by atoms with E-state index >= 15 is 0 Å². The number of methoxy groups -OCH3 is 1. The Labute approximate surface area is 239 Å². The summed E-state index contributed by atoms with van der Waals surface area (Å²) in [4.78, 5) is 16.2. The Balaban J connectivity index is 1.77. The highest BCUT2D eigenvalue weighted by Gasteiger charge is 2.61. The Morgan fingerprint density at radius 1 is 1.12 bits per heavy atom. The maximum atomic E-state index is 14.9. The molecule has 2 aliphatic rings. The molecule has 1 aliphatic carbocycles. The van der Waals surface area contributed by atoms with Crippen molar-refractivity contribution in [1.82, 2.24) is 4.98 Å². The summed E-state index contributed by atoms with van der Waals surface area (Å²) >= 11 is 0. The molecule has 0 bridgehead atoms. The number of primary amides is 1. The third-order valence-electron chi connectivity index (χ3n) is 7.36. The Bertz CT molecular complexity index is 1570. The van der Waals surface area contributed by atoms with E-state index < -0.39 is 82.1 Å². The topological polar surface area (TPSA) is 130 Å². The van der Waals surface area contributed by atoms with E-state index in [0.29, 0.717) is 18.9 Å². The van der Waals surface area contributed by atoms with E-state index in [9.17, 15) is 40.6 Å². The van der Waals surface area contributed by atoms with Crippen LogP contribution in [0.4, 0.5) is 30.7 Å². The van der Waals surface area contributed by atoms with Crippen LogP contribution in [0, 0.1) is 5.82 Å². The van der Waals surface area contributed by atoms with Crippen molar-refractivity contribution in [3.63, 3.8) is 0 Å². The molecule has 0 spiro atoms. The second-order valence-corrected chi connectivity index (χ2v) is 10.3. The van der Waals surface area contributed by atoms with E-state index in [-0.39, 0.29) is 23.2 Å². The van der Waals surface area contributed by atoms with E-state index in [0.717, 1.165) is 37.4 Å². The van der Waals surface area contributed by atoms with E-state index in [1.807, 2.05) is 0 Å². The number of nitrogens with two attached hydrogens (primary N) is 2. The van der Waals surface area contributed by atoms with Crippen LogP contribution in [0.25, 0.3) is 11.3 Å². The molecule has 5 N–H and O–H groups in total. The highest BCUT2D eigenvalue weighted by molar-refractivity contribution is 5.95. The molecule has 2 atom stereocenters. The minimum Gasteiger partial charge on any atom is -0.493 e. The Morgan fingerprint density at radius 3 is 2.30 bits per heavy atom. The predicted molar refractivity (Wildman–Crippen MR) is 136 cm³/mol. The van der Waals surface area contributed by atoms with E-state index in [2.05, 4.69) is 4.98 Å². The number of aliphatic hydroxyl groups is 1.